The minimum atomic E-state index is -0.814. The Morgan fingerprint density at radius 2 is 1.59 bits per heavy atom. The lowest BCUT2D eigenvalue weighted by Crippen LogP contribution is -2.54. The lowest BCUT2D eigenvalue weighted by Gasteiger charge is -2.42. The van der Waals surface area contributed by atoms with Crippen molar-refractivity contribution in [1.29, 1.82) is 0 Å². The van der Waals surface area contributed by atoms with Crippen molar-refractivity contribution in [3.8, 4) is 0 Å². The molecule has 5 aliphatic heterocycles. The first-order valence-electron chi connectivity index (χ1n) is 14.2. The molecule has 0 radical (unpaired) electrons. The maximum Gasteiger partial charge on any atom is 0.303 e. The number of hydrogen-bond donors (Lipinski definition) is 1. The molecule has 10 nitrogen and oxygen atoms in total. The molecular formula is C31H48N2O8. The van der Waals surface area contributed by atoms with Gasteiger partial charge in [-0.25, -0.2) is 13.1 Å². The summed E-state index contributed by atoms with van der Waals surface area (Å²) in [5.41, 5.74) is -0.763. The van der Waals surface area contributed by atoms with Crippen LogP contribution in [0.15, 0.2) is 12.2 Å². The molecule has 6 rings (SSSR count). The zero-order valence-corrected chi connectivity index (χ0v) is 23.0. The van der Waals surface area contributed by atoms with Gasteiger partial charge in [-0.15, -0.1) is 0 Å². The highest BCUT2D eigenvalue weighted by Gasteiger charge is 2.58. The third-order valence-corrected chi connectivity index (χ3v) is 8.87. The molecule has 0 aromatic heterocycles. The van der Waals surface area contributed by atoms with Crippen molar-refractivity contribution in [3.05, 3.63) is 35.0 Å². The highest BCUT2D eigenvalue weighted by atomic mass is 16.7. The summed E-state index contributed by atoms with van der Waals surface area (Å²) in [4.78, 5) is 18.2. The van der Waals surface area contributed by atoms with E-state index in [-0.39, 0.29) is 86.8 Å². The zero-order chi connectivity index (χ0) is 27.8. The molecule has 6 aliphatic rings. The largest absolute Gasteiger partial charge is 0.456 e. The van der Waals surface area contributed by atoms with Gasteiger partial charge in [0.2, 0.25) is 12.1 Å². The maximum absolute atomic E-state index is 11.1. The van der Waals surface area contributed by atoms with E-state index in [1.165, 1.54) is 6.92 Å². The van der Waals surface area contributed by atoms with E-state index in [4.69, 9.17) is 41.6 Å². The maximum atomic E-state index is 11.1. The molecule has 1 N–H and O–H groups in total. The molecule has 41 heavy (non-hydrogen) atoms. The fraction of sp³-hybridized carbons (Fsp3) is 0.839. The molecule has 10 heteroatoms. The monoisotopic (exact) mass is 576 g/mol. The number of fused-ring (bicyclic) bond motifs is 2. The number of nitrogens with zero attached hydrogens (tertiary/aromatic N) is 2. The molecule has 2 spiro atoms. The average Bonchev–Trinajstić information content (AvgIpc) is 3.40. The van der Waals surface area contributed by atoms with Crippen LogP contribution in [0.3, 0.4) is 0 Å². The van der Waals surface area contributed by atoms with Gasteiger partial charge >= 0.3 is 5.97 Å². The lowest BCUT2D eigenvalue weighted by molar-refractivity contribution is -0.223. The Labute approximate surface area is 245 Å². The topological polar surface area (TPSA) is 101 Å². The van der Waals surface area contributed by atoms with E-state index in [9.17, 15) is 9.90 Å². The van der Waals surface area contributed by atoms with Gasteiger partial charge in [0.05, 0.1) is 31.0 Å². The Morgan fingerprint density at radius 3 is 2.22 bits per heavy atom. The molecule has 4 bridgehead atoms. The molecule has 5 heterocycles. The van der Waals surface area contributed by atoms with E-state index in [1.807, 2.05) is 26.0 Å². The molecule has 0 amide bonds. The SMILES string of the molecule is C.C.[C-]#[N+][C@H](C)C[C@H]1CC[C@@H]2O[C@@H]3C[C@]2(C=C[C@H]3OC(C)=O)O1.[C-]#[N+][C@H](C)C[C@H]1CC[C@@H]2O[C@@H]3C[C@]2(COC3O)O1. The Hall–Kier alpha value is -2.05. The van der Waals surface area contributed by atoms with E-state index in [0.29, 0.717) is 13.0 Å². The number of aliphatic hydroxyl groups excluding tert-OH is 1. The van der Waals surface area contributed by atoms with Gasteiger partial charge in [0, 0.05) is 46.5 Å². The first kappa shape index (κ1) is 33.5. The fourth-order valence-corrected chi connectivity index (χ4v) is 6.98. The first-order chi connectivity index (χ1) is 18.6. The van der Waals surface area contributed by atoms with E-state index in [2.05, 4.69) is 9.69 Å². The third kappa shape index (κ3) is 6.96. The summed E-state index contributed by atoms with van der Waals surface area (Å²) in [6, 6.07) is -0.0152. The van der Waals surface area contributed by atoms with E-state index < -0.39 is 6.29 Å². The highest BCUT2D eigenvalue weighted by Crippen LogP contribution is 2.48. The Balaban J connectivity index is 0.000000217. The molecule has 5 fully saturated rings. The summed E-state index contributed by atoms with van der Waals surface area (Å²) in [7, 11) is 0. The number of carbonyl (C=O) groups excluding carboxylic acids is 1. The number of hydrogen-bond acceptors (Lipinski definition) is 8. The number of aliphatic hydroxyl groups is 1. The van der Waals surface area contributed by atoms with Crippen LogP contribution in [0.2, 0.25) is 0 Å². The van der Waals surface area contributed by atoms with Crippen LogP contribution >= 0.6 is 0 Å². The minimum Gasteiger partial charge on any atom is -0.456 e. The van der Waals surface area contributed by atoms with Gasteiger partial charge in [0.25, 0.3) is 0 Å². The molecule has 1 unspecified atom stereocenters. The molecule has 5 saturated heterocycles. The predicted octanol–water partition coefficient (Wildman–Crippen LogP) is 4.64. The lowest BCUT2D eigenvalue weighted by atomic mass is 9.82. The van der Waals surface area contributed by atoms with Crippen LogP contribution in [-0.2, 0) is 33.2 Å². The number of rotatable bonds is 5. The van der Waals surface area contributed by atoms with Crippen LogP contribution < -0.4 is 0 Å². The Kier molecular flexibility index (Phi) is 11.0. The van der Waals surface area contributed by atoms with Gasteiger partial charge < -0.3 is 43.2 Å². The number of esters is 1. The Bertz CT molecular complexity index is 1020. The second kappa shape index (κ2) is 13.5. The number of carbonyl (C=O) groups is 1. The van der Waals surface area contributed by atoms with E-state index in [0.717, 1.165) is 44.9 Å². The molecule has 12 atom stereocenters. The molecule has 0 aromatic rings. The Morgan fingerprint density at radius 1 is 0.976 bits per heavy atom. The van der Waals surface area contributed by atoms with Crippen LogP contribution in [0.1, 0.15) is 87.0 Å². The van der Waals surface area contributed by atoms with E-state index >= 15 is 0 Å². The average molecular weight is 577 g/mol. The summed E-state index contributed by atoms with van der Waals surface area (Å²) in [6.45, 7) is 19.8. The smallest absolute Gasteiger partial charge is 0.303 e. The molecule has 0 saturated carbocycles. The molecule has 230 valence electrons. The standard InChI is InChI=1S/C16H21NO4.C13H19NO4.2CH4/c1-10(17-3)8-12-4-5-15-16(21-12)7-6-13(19-11(2)18)14(9-16)20-15;1-8(14-2)5-9-3-4-11-13(18-9)6-10(17-11)12(15)16-7-13;;/h6-7,10,12-15H,4-5,8-9H2,1-2H3;8-12,15H,3-7H2,1H3;2*1H4/t10-,12-,13-,14-,15+,16+;8-,9-,10-,11+,12?,13-;;/m11../s1. The van der Waals surface area contributed by atoms with Gasteiger partial charge in [-0.3, -0.25) is 4.79 Å². The summed E-state index contributed by atoms with van der Waals surface area (Å²) >= 11 is 0. The van der Waals surface area contributed by atoms with Gasteiger partial charge in [-0.05, 0) is 31.8 Å². The third-order valence-electron chi connectivity index (χ3n) is 8.87. The second-order valence-corrected chi connectivity index (χ2v) is 12.0. The number of ether oxygens (including phenoxy) is 6. The highest BCUT2D eigenvalue weighted by molar-refractivity contribution is 5.66. The summed E-state index contributed by atoms with van der Waals surface area (Å²) in [6.07, 6.45) is 9.44. The predicted molar refractivity (Wildman–Crippen MR) is 152 cm³/mol. The molecule has 0 aromatic carbocycles. The van der Waals surface area contributed by atoms with Gasteiger partial charge in [0.15, 0.2) is 6.29 Å². The summed E-state index contributed by atoms with van der Waals surface area (Å²) in [5.74, 6) is -0.288. The van der Waals surface area contributed by atoms with Gasteiger partial charge in [-0.2, -0.15) is 0 Å². The van der Waals surface area contributed by atoms with Crippen molar-refractivity contribution in [2.24, 2.45) is 0 Å². The van der Waals surface area contributed by atoms with Crippen molar-refractivity contribution < 1.29 is 38.3 Å². The van der Waals surface area contributed by atoms with Crippen LogP contribution in [0.4, 0.5) is 0 Å². The van der Waals surface area contributed by atoms with Crippen molar-refractivity contribution >= 4 is 5.97 Å². The fourth-order valence-electron chi connectivity index (χ4n) is 6.98. The van der Waals surface area contributed by atoms with Crippen LogP contribution in [0, 0.1) is 13.1 Å². The van der Waals surface area contributed by atoms with E-state index in [1.54, 1.807) is 0 Å². The first-order valence-corrected chi connectivity index (χ1v) is 14.2. The summed E-state index contributed by atoms with van der Waals surface area (Å²) < 4.78 is 35.0. The van der Waals surface area contributed by atoms with Crippen LogP contribution in [0.5, 0.6) is 0 Å². The minimum absolute atomic E-state index is 0. The molecule has 1 aliphatic carbocycles. The van der Waals surface area contributed by atoms with Crippen molar-refractivity contribution in [3.63, 3.8) is 0 Å². The van der Waals surface area contributed by atoms with Gasteiger partial charge in [-0.1, -0.05) is 20.9 Å². The van der Waals surface area contributed by atoms with Crippen LogP contribution in [-0.4, -0.2) is 90.0 Å². The van der Waals surface area contributed by atoms with Crippen molar-refractivity contribution in [2.45, 2.75) is 159 Å². The quantitative estimate of drug-likeness (QED) is 0.287. The van der Waals surface area contributed by atoms with Crippen LogP contribution in [0.25, 0.3) is 9.69 Å². The molecular weight excluding hydrogens is 528 g/mol. The van der Waals surface area contributed by atoms with Gasteiger partial charge in [0.1, 0.15) is 29.5 Å². The van der Waals surface area contributed by atoms with Crippen molar-refractivity contribution in [1.82, 2.24) is 0 Å². The van der Waals surface area contributed by atoms with Crippen molar-refractivity contribution in [2.75, 3.05) is 6.61 Å². The second-order valence-electron chi connectivity index (χ2n) is 12.0. The summed E-state index contributed by atoms with van der Waals surface area (Å²) in [5, 5.41) is 9.65. The normalized spacial score (nSPS) is 42.7. The zero-order valence-electron chi connectivity index (χ0n) is 23.0.